The van der Waals surface area contributed by atoms with Gasteiger partial charge in [0.15, 0.2) is 0 Å². The minimum Gasteiger partial charge on any atom is -0.489 e. The van der Waals surface area contributed by atoms with Gasteiger partial charge in [-0.1, -0.05) is 18.2 Å². The van der Waals surface area contributed by atoms with Crippen LogP contribution < -0.4 is 10.1 Å². The Morgan fingerprint density at radius 3 is 2.88 bits per heavy atom. The zero-order chi connectivity index (χ0) is 16.9. The lowest BCUT2D eigenvalue weighted by molar-refractivity contribution is -0.120. The number of aryl methyl sites for hydroxylation is 2. The molecule has 0 bridgehead atoms. The summed E-state index contributed by atoms with van der Waals surface area (Å²) in [6, 6.07) is 9.70. The zero-order valence-electron chi connectivity index (χ0n) is 13.8. The van der Waals surface area contributed by atoms with E-state index < -0.39 is 0 Å². The summed E-state index contributed by atoms with van der Waals surface area (Å²) in [5.41, 5.74) is 3.57. The molecule has 6 heteroatoms. The number of nitrogens with one attached hydrogen (secondary N) is 2. The number of ether oxygens (including phenoxy) is 1. The zero-order valence-corrected chi connectivity index (χ0v) is 13.8. The summed E-state index contributed by atoms with van der Waals surface area (Å²) in [7, 11) is 0. The Morgan fingerprint density at radius 2 is 2.08 bits per heavy atom. The van der Waals surface area contributed by atoms with Crippen LogP contribution in [0.1, 0.15) is 17.0 Å². The van der Waals surface area contributed by atoms with E-state index in [4.69, 9.17) is 4.74 Å². The number of aromatic amines is 1. The molecule has 124 valence electrons. The van der Waals surface area contributed by atoms with Crippen LogP contribution in [0.15, 0.2) is 36.5 Å². The summed E-state index contributed by atoms with van der Waals surface area (Å²) < 4.78 is 5.76. The number of para-hydroxylation sites is 1. The minimum atomic E-state index is -0.0396. The predicted octanol–water partition coefficient (Wildman–Crippen LogP) is 2.31. The molecule has 2 N–H and O–H groups in total. The third-order valence-electron chi connectivity index (χ3n) is 3.90. The second kappa shape index (κ2) is 7.12. The average molecular weight is 324 g/mol. The van der Waals surface area contributed by atoms with Gasteiger partial charge in [0.25, 0.3) is 0 Å². The molecular weight excluding hydrogens is 304 g/mol. The molecular formula is C18H20N4O2. The van der Waals surface area contributed by atoms with Crippen molar-refractivity contribution in [2.75, 3.05) is 13.2 Å². The second-order valence-corrected chi connectivity index (χ2v) is 5.62. The first-order valence-electron chi connectivity index (χ1n) is 7.89. The van der Waals surface area contributed by atoms with Gasteiger partial charge in [0.2, 0.25) is 5.91 Å². The van der Waals surface area contributed by atoms with Gasteiger partial charge in [-0.15, -0.1) is 0 Å². The van der Waals surface area contributed by atoms with Crippen LogP contribution >= 0.6 is 0 Å². The lowest BCUT2D eigenvalue weighted by Crippen LogP contribution is -2.29. The van der Waals surface area contributed by atoms with Crippen molar-refractivity contribution in [2.24, 2.45) is 0 Å². The molecule has 2 heterocycles. The van der Waals surface area contributed by atoms with E-state index in [0.717, 1.165) is 33.6 Å². The molecule has 1 amide bonds. The Bertz CT molecular complexity index is 832. The number of nitrogens with zero attached hydrogens (tertiary/aromatic N) is 2. The van der Waals surface area contributed by atoms with Gasteiger partial charge in [0.1, 0.15) is 17.9 Å². The maximum atomic E-state index is 12.0. The quantitative estimate of drug-likeness (QED) is 0.682. The van der Waals surface area contributed by atoms with Crippen LogP contribution in [0.4, 0.5) is 0 Å². The Kier molecular flexibility index (Phi) is 4.74. The maximum absolute atomic E-state index is 12.0. The molecule has 0 saturated carbocycles. The largest absolute Gasteiger partial charge is 0.489 e. The number of fused-ring (bicyclic) bond motifs is 1. The standard InChI is InChI=1S/C18H20N4O2/c1-12-15(13(2)22-21-12)11-17(23)19-9-10-24-16-7-3-5-14-6-4-8-20-18(14)16/h3-8H,9-11H2,1-2H3,(H,19,23)(H,21,22). The van der Waals surface area contributed by atoms with Gasteiger partial charge in [-0.05, 0) is 26.0 Å². The number of rotatable bonds is 6. The molecule has 3 aromatic rings. The molecule has 0 saturated heterocycles. The Hall–Kier alpha value is -2.89. The number of carbonyl (C=O) groups is 1. The summed E-state index contributed by atoms with van der Waals surface area (Å²) >= 11 is 0. The minimum absolute atomic E-state index is 0.0396. The first-order valence-corrected chi connectivity index (χ1v) is 7.89. The summed E-state index contributed by atoms with van der Waals surface area (Å²) in [5.74, 6) is 0.686. The number of hydrogen-bond donors (Lipinski definition) is 2. The summed E-state index contributed by atoms with van der Waals surface area (Å²) in [5, 5.41) is 10.9. The van der Waals surface area contributed by atoms with Crippen molar-refractivity contribution >= 4 is 16.8 Å². The van der Waals surface area contributed by atoms with E-state index in [-0.39, 0.29) is 5.91 Å². The third kappa shape index (κ3) is 3.53. The van der Waals surface area contributed by atoms with E-state index >= 15 is 0 Å². The van der Waals surface area contributed by atoms with Crippen LogP contribution in [0.25, 0.3) is 10.9 Å². The van der Waals surface area contributed by atoms with Crippen molar-refractivity contribution in [1.29, 1.82) is 0 Å². The summed E-state index contributed by atoms with van der Waals surface area (Å²) in [6.07, 6.45) is 2.07. The van der Waals surface area contributed by atoms with Gasteiger partial charge >= 0.3 is 0 Å². The van der Waals surface area contributed by atoms with Gasteiger partial charge in [-0.3, -0.25) is 14.9 Å². The van der Waals surface area contributed by atoms with Crippen molar-refractivity contribution in [3.63, 3.8) is 0 Å². The monoisotopic (exact) mass is 324 g/mol. The molecule has 0 aliphatic rings. The highest BCUT2D eigenvalue weighted by molar-refractivity contribution is 5.84. The first kappa shape index (κ1) is 16.0. The number of H-pyrrole nitrogens is 1. The molecule has 0 aliphatic heterocycles. The van der Waals surface area contributed by atoms with E-state index in [0.29, 0.717) is 19.6 Å². The van der Waals surface area contributed by atoms with Crippen molar-refractivity contribution in [3.05, 3.63) is 53.5 Å². The lowest BCUT2D eigenvalue weighted by atomic mass is 10.1. The Morgan fingerprint density at radius 1 is 1.25 bits per heavy atom. The molecule has 1 aromatic carbocycles. The SMILES string of the molecule is Cc1n[nH]c(C)c1CC(=O)NCCOc1cccc2cccnc12. The van der Waals surface area contributed by atoms with Gasteiger partial charge in [-0.2, -0.15) is 5.10 Å². The number of hydrogen-bond acceptors (Lipinski definition) is 4. The van der Waals surface area contributed by atoms with E-state index in [1.807, 2.05) is 44.2 Å². The molecule has 24 heavy (non-hydrogen) atoms. The molecule has 0 fully saturated rings. The number of carbonyl (C=O) groups excluding carboxylic acids is 1. The smallest absolute Gasteiger partial charge is 0.224 e. The highest BCUT2D eigenvalue weighted by atomic mass is 16.5. The topological polar surface area (TPSA) is 79.9 Å². The molecule has 3 rings (SSSR count). The predicted molar refractivity (Wildman–Crippen MR) is 92.0 cm³/mol. The first-order chi connectivity index (χ1) is 11.6. The van der Waals surface area contributed by atoms with Crippen molar-refractivity contribution < 1.29 is 9.53 Å². The molecule has 0 unspecified atom stereocenters. The highest BCUT2D eigenvalue weighted by Crippen LogP contribution is 2.22. The second-order valence-electron chi connectivity index (χ2n) is 5.62. The van der Waals surface area contributed by atoms with E-state index in [9.17, 15) is 4.79 Å². The van der Waals surface area contributed by atoms with Crippen molar-refractivity contribution in [3.8, 4) is 5.75 Å². The fourth-order valence-electron chi connectivity index (χ4n) is 2.60. The number of benzene rings is 1. The van der Waals surface area contributed by atoms with Gasteiger partial charge in [-0.25, -0.2) is 0 Å². The normalized spacial score (nSPS) is 10.8. The lowest BCUT2D eigenvalue weighted by Gasteiger charge is -2.09. The maximum Gasteiger partial charge on any atom is 0.224 e. The number of amides is 1. The van der Waals surface area contributed by atoms with Gasteiger partial charge in [0.05, 0.1) is 18.7 Å². The van der Waals surface area contributed by atoms with E-state index in [2.05, 4.69) is 20.5 Å². The fraction of sp³-hybridized carbons (Fsp3) is 0.278. The van der Waals surface area contributed by atoms with Crippen LogP contribution in [-0.2, 0) is 11.2 Å². The van der Waals surface area contributed by atoms with Crippen LogP contribution in [0.3, 0.4) is 0 Å². The molecule has 0 aliphatic carbocycles. The van der Waals surface area contributed by atoms with Crippen LogP contribution in [0.5, 0.6) is 5.75 Å². The average Bonchev–Trinajstić information content (AvgIpc) is 2.91. The van der Waals surface area contributed by atoms with Crippen molar-refractivity contribution in [2.45, 2.75) is 20.3 Å². The van der Waals surface area contributed by atoms with Gasteiger partial charge in [0, 0.05) is 22.8 Å². The third-order valence-corrected chi connectivity index (χ3v) is 3.90. The molecule has 0 radical (unpaired) electrons. The molecule has 0 atom stereocenters. The summed E-state index contributed by atoms with van der Waals surface area (Å²) in [4.78, 5) is 16.4. The molecule has 2 aromatic heterocycles. The number of pyridine rings is 1. The van der Waals surface area contributed by atoms with Crippen molar-refractivity contribution in [1.82, 2.24) is 20.5 Å². The molecule has 6 nitrogen and oxygen atoms in total. The van der Waals surface area contributed by atoms with Crippen LogP contribution in [0, 0.1) is 13.8 Å². The highest BCUT2D eigenvalue weighted by Gasteiger charge is 2.11. The van der Waals surface area contributed by atoms with E-state index in [1.54, 1.807) is 6.20 Å². The fourth-order valence-corrected chi connectivity index (χ4v) is 2.60. The number of aromatic nitrogens is 3. The van der Waals surface area contributed by atoms with Gasteiger partial charge < -0.3 is 10.1 Å². The van der Waals surface area contributed by atoms with E-state index in [1.165, 1.54) is 0 Å². The van der Waals surface area contributed by atoms with Crippen LogP contribution in [-0.4, -0.2) is 34.2 Å². The molecule has 0 spiro atoms. The van der Waals surface area contributed by atoms with Crippen LogP contribution in [0.2, 0.25) is 0 Å². The summed E-state index contributed by atoms with van der Waals surface area (Å²) in [6.45, 7) is 4.64. The Balaban J connectivity index is 1.51. The Labute approximate surface area is 140 Å².